The smallest absolute Gasteiger partial charge is 0.257 e. The predicted molar refractivity (Wildman–Crippen MR) is 101 cm³/mol. The Labute approximate surface area is 153 Å². The number of carbonyl (C=O) groups excluding carboxylic acids is 1. The van der Waals surface area contributed by atoms with Gasteiger partial charge in [0.15, 0.2) is 5.13 Å². The van der Waals surface area contributed by atoms with Crippen molar-refractivity contribution in [3.8, 4) is 11.6 Å². The molecule has 0 atom stereocenters. The van der Waals surface area contributed by atoms with Gasteiger partial charge in [0.05, 0.1) is 15.9 Å². The second-order valence-electron chi connectivity index (χ2n) is 5.58. The Morgan fingerprint density at radius 2 is 1.92 bits per heavy atom. The maximum Gasteiger partial charge on any atom is 0.257 e. The van der Waals surface area contributed by atoms with E-state index in [0.717, 1.165) is 15.9 Å². The summed E-state index contributed by atoms with van der Waals surface area (Å²) in [6.45, 7) is 1.85. The zero-order valence-electron chi connectivity index (χ0n) is 13.8. The number of anilines is 1. The number of nitrogens with one attached hydrogen (secondary N) is 1. The summed E-state index contributed by atoms with van der Waals surface area (Å²) in [6, 6.07) is 18.2. The van der Waals surface area contributed by atoms with Crippen molar-refractivity contribution in [2.75, 3.05) is 5.32 Å². The summed E-state index contributed by atoms with van der Waals surface area (Å²) in [5.41, 5.74) is 2.14. The van der Waals surface area contributed by atoms with Crippen molar-refractivity contribution >= 4 is 32.6 Å². The lowest BCUT2D eigenvalue weighted by molar-refractivity contribution is 0.102. The van der Waals surface area contributed by atoms with E-state index in [1.807, 2.05) is 37.3 Å². The van der Waals surface area contributed by atoms with Crippen molar-refractivity contribution in [2.24, 2.45) is 0 Å². The van der Waals surface area contributed by atoms with Crippen molar-refractivity contribution in [2.45, 2.75) is 6.92 Å². The molecule has 128 valence electrons. The third-order valence-corrected chi connectivity index (χ3v) is 4.56. The van der Waals surface area contributed by atoms with Crippen molar-refractivity contribution in [3.63, 3.8) is 0 Å². The molecule has 2 heterocycles. The van der Waals surface area contributed by atoms with Gasteiger partial charge < -0.3 is 4.74 Å². The van der Waals surface area contributed by atoms with E-state index in [1.54, 1.807) is 30.3 Å². The van der Waals surface area contributed by atoms with Gasteiger partial charge >= 0.3 is 0 Å². The van der Waals surface area contributed by atoms with E-state index in [9.17, 15) is 4.79 Å². The third kappa shape index (κ3) is 3.52. The summed E-state index contributed by atoms with van der Waals surface area (Å²) in [4.78, 5) is 16.9. The highest BCUT2D eigenvalue weighted by Crippen LogP contribution is 2.26. The number of para-hydroxylation sites is 1. The van der Waals surface area contributed by atoms with Crippen molar-refractivity contribution < 1.29 is 9.53 Å². The van der Waals surface area contributed by atoms with E-state index in [-0.39, 0.29) is 5.91 Å². The van der Waals surface area contributed by atoms with Crippen molar-refractivity contribution in [1.82, 2.24) is 15.2 Å². The van der Waals surface area contributed by atoms with E-state index < -0.39 is 0 Å². The van der Waals surface area contributed by atoms with E-state index in [4.69, 9.17) is 4.74 Å². The molecule has 0 radical (unpaired) electrons. The summed E-state index contributed by atoms with van der Waals surface area (Å²) in [6.07, 6.45) is 0. The van der Waals surface area contributed by atoms with Crippen LogP contribution in [0.4, 0.5) is 5.13 Å². The summed E-state index contributed by atoms with van der Waals surface area (Å²) >= 11 is 1.44. The summed E-state index contributed by atoms with van der Waals surface area (Å²) < 4.78 is 6.68. The minimum Gasteiger partial charge on any atom is -0.438 e. The van der Waals surface area contributed by atoms with Crippen LogP contribution in [0.1, 0.15) is 16.1 Å². The van der Waals surface area contributed by atoms with Gasteiger partial charge in [-0.25, -0.2) is 4.98 Å². The van der Waals surface area contributed by atoms with Gasteiger partial charge in [-0.3, -0.25) is 10.1 Å². The fourth-order valence-electron chi connectivity index (χ4n) is 2.36. The second kappa shape index (κ2) is 6.89. The van der Waals surface area contributed by atoms with Crippen LogP contribution in [0.2, 0.25) is 0 Å². The van der Waals surface area contributed by atoms with Crippen LogP contribution < -0.4 is 10.1 Å². The third-order valence-electron chi connectivity index (χ3n) is 3.61. The molecule has 26 heavy (non-hydrogen) atoms. The zero-order valence-corrected chi connectivity index (χ0v) is 14.7. The molecule has 2 aromatic heterocycles. The molecule has 0 aliphatic heterocycles. The lowest BCUT2D eigenvalue weighted by atomic mass is 10.2. The Balaban J connectivity index is 1.51. The Morgan fingerprint density at radius 1 is 1.04 bits per heavy atom. The number of aryl methyl sites for hydroxylation is 1. The van der Waals surface area contributed by atoms with E-state index in [1.165, 1.54) is 11.3 Å². The lowest BCUT2D eigenvalue weighted by Crippen LogP contribution is -2.11. The molecule has 0 aliphatic carbocycles. The number of rotatable bonds is 4. The number of nitrogens with zero attached hydrogens (tertiary/aromatic N) is 3. The minimum atomic E-state index is -0.246. The van der Waals surface area contributed by atoms with Gasteiger partial charge in [0.2, 0.25) is 5.88 Å². The number of hydrogen-bond acceptors (Lipinski definition) is 6. The molecule has 7 heteroatoms. The molecule has 0 unspecified atom stereocenters. The Hall–Kier alpha value is -3.32. The maximum absolute atomic E-state index is 12.5. The first-order valence-electron chi connectivity index (χ1n) is 7.92. The number of carbonyl (C=O) groups is 1. The standard InChI is InChI=1S/C19H14N4O2S/c1-12-9-10-17(23-22-12)25-14-6-4-5-13(11-14)18(24)21-19-20-15-7-2-3-8-16(15)26-19/h2-11H,1H3,(H,20,21,24). The number of fused-ring (bicyclic) bond motifs is 1. The zero-order chi connectivity index (χ0) is 17.9. The van der Waals surface area contributed by atoms with Crippen LogP contribution in [0.5, 0.6) is 11.6 Å². The molecular formula is C19H14N4O2S. The number of aromatic nitrogens is 3. The van der Waals surface area contributed by atoms with Gasteiger partial charge in [-0.1, -0.05) is 29.5 Å². The van der Waals surface area contributed by atoms with Crippen molar-refractivity contribution in [1.29, 1.82) is 0 Å². The first-order valence-corrected chi connectivity index (χ1v) is 8.74. The van der Waals surface area contributed by atoms with Crippen LogP contribution in [0, 0.1) is 6.92 Å². The Morgan fingerprint density at radius 3 is 2.73 bits per heavy atom. The van der Waals surface area contributed by atoms with E-state index in [0.29, 0.717) is 22.3 Å². The molecule has 0 spiro atoms. The van der Waals surface area contributed by atoms with Crippen LogP contribution in [0.15, 0.2) is 60.7 Å². The highest BCUT2D eigenvalue weighted by molar-refractivity contribution is 7.22. The molecule has 0 fully saturated rings. The molecule has 4 aromatic rings. The molecule has 0 saturated carbocycles. The van der Waals surface area contributed by atoms with Crippen LogP contribution in [0.25, 0.3) is 10.2 Å². The number of benzene rings is 2. The Kier molecular flexibility index (Phi) is 4.28. The molecule has 0 saturated heterocycles. The summed E-state index contributed by atoms with van der Waals surface area (Å²) in [5, 5.41) is 11.3. The number of hydrogen-bond donors (Lipinski definition) is 1. The highest BCUT2D eigenvalue weighted by atomic mass is 32.1. The average Bonchev–Trinajstić information content (AvgIpc) is 3.06. The molecule has 6 nitrogen and oxygen atoms in total. The monoisotopic (exact) mass is 362 g/mol. The SMILES string of the molecule is Cc1ccc(Oc2cccc(C(=O)Nc3nc4ccccc4s3)c2)nn1. The Bertz CT molecular complexity index is 1040. The number of ether oxygens (including phenoxy) is 1. The summed E-state index contributed by atoms with van der Waals surface area (Å²) in [7, 11) is 0. The minimum absolute atomic E-state index is 0.246. The molecule has 0 aliphatic rings. The maximum atomic E-state index is 12.5. The molecule has 2 aromatic carbocycles. The predicted octanol–water partition coefficient (Wildman–Crippen LogP) is 4.44. The van der Waals surface area contributed by atoms with Crippen LogP contribution in [-0.2, 0) is 0 Å². The molecule has 1 N–H and O–H groups in total. The molecule has 1 amide bonds. The average molecular weight is 362 g/mol. The highest BCUT2D eigenvalue weighted by Gasteiger charge is 2.11. The second-order valence-corrected chi connectivity index (χ2v) is 6.61. The first kappa shape index (κ1) is 16.2. The molecule has 4 rings (SSSR count). The molecule has 0 bridgehead atoms. The fourth-order valence-corrected chi connectivity index (χ4v) is 3.22. The van der Waals surface area contributed by atoms with Crippen LogP contribution >= 0.6 is 11.3 Å². The van der Waals surface area contributed by atoms with Gasteiger partial charge in [0.25, 0.3) is 5.91 Å². The number of amides is 1. The first-order chi connectivity index (χ1) is 12.7. The fraction of sp³-hybridized carbons (Fsp3) is 0.0526. The normalized spacial score (nSPS) is 10.7. The lowest BCUT2D eigenvalue weighted by Gasteiger charge is -2.06. The van der Waals surface area contributed by atoms with E-state index in [2.05, 4.69) is 20.5 Å². The topological polar surface area (TPSA) is 77.0 Å². The van der Waals surface area contributed by atoms with E-state index >= 15 is 0 Å². The molecular weight excluding hydrogens is 348 g/mol. The van der Waals surface area contributed by atoms with Gasteiger partial charge in [-0.15, -0.1) is 5.10 Å². The number of thiazole rings is 1. The largest absolute Gasteiger partial charge is 0.438 e. The van der Waals surface area contributed by atoms with Gasteiger partial charge in [0, 0.05) is 11.6 Å². The van der Waals surface area contributed by atoms with Crippen molar-refractivity contribution in [3.05, 3.63) is 71.9 Å². The summed E-state index contributed by atoms with van der Waals surface area (Å²) in [5.74, 6) is 0.643. The van der Waals surface area contributed by atoms with Gasteiger partial charge in [-0.2, -0.15) is 5.10 Å². The van der Waals surface area contributed by atoms with Gasteiger partial charge in [-0.05, 0) is 43.3 Å². The van der Waals surface area contributed by atoms with Crippen LogP contribution in [-0.4, -0.2) is 21.1 Å². The van der Waals surface area contributed by atoms with Gasteiger partial charge in [0.1, 0.15) is 5.75 Å². The quantitative estimate of drug-likeness (QED) is 0.581. The van der Waals surface area contributed by atoms with Crippen LogP contribution in [0.3, 0.4) is 0 Å².